The number of benzene rings is 6. The fraction of sp³-hybridized carbons (Fsp3) is 0. The van der Waals surface area contributed by atoms with Crippen LogP contribution < -0.4 is 0 Å². The van der Waals surface area contributed by atoms with Gasteiger partial charge in [-0.1, -0.05) is 91.0 Å². The minimum atomic E-state index is 0.924. The lowest BCUT2D eigenvalue weighted by Crippen LogP contribution is -1.98. The molecular formula is C37H23N3. The van der Waals surface area contributed by atoms with Crippen molar-refractivity contribution in [3.8, 4) is 22.6 Å². The lowest BCUT2D eigenvalue weighted by molar-refractivity contribution is 1.08. The summed E-state index contributed by atoms with van der Waals surface area (Å²) >= 11 is 0. The average molecular weight is 510 g/mol. The lowest BCUT2D eigenvalue weighted by Gasteiger charge is -2.11. The Kier molecular flexibility index (Phi) is 4.33. The van der Waals surface area contributed by atoms with Crippen molar-refractivity contribution in [1.29, 1.82) is 0 Å². The largest absolute Gasteiger partial charge is 0.309 e. The van der Waals surface area contributed by atoms with Crippen LogP contribution in [0.2, 0.25) is 0 Å². The van der Waals surface area contributed by atoms with E-state index < -0.39 is 0 Å². The summed E-state index contributed by atoms with van der Waals surface area (Å²) in [5.74, 6) is 0.924. The summed E-state index contributed by atoms with van der Waals surface area (Å²) in [6.45, 7) is 0. The van der Waals surface area contributed by atoms with E-state index in [0.29, 0.717) is 0 Å². The molecule has 6 aromatic carbocycles. The number of pyridine rings is 1. The second-order valence-corrected chi connectivity index (χ2v) is 10.4. The van der Waals surface area contributed by atoms with Crippen molar-refractivity contribution in [3.05, 3.63) is 140 Å². The van der Waals surface area contributed by atoms with Gasteiger partial charge in [-0.25, -0.2) is 4.98 Å². The quantitative estimate of drug-likeness (QED) is 0.217. The van der Waals surface area contributed by atoms with E-state index in [1.807, 2.05) is 6.20 Å². The molecule has 40 heavy (non-hydrogen) atoms. The van der Waals surface area contributed by atoms with Crippen LogP contribution in [0.5, 0.6) is 0 Å². The van der Waals surface area contributed by atoms with E-state index in [2.05, 4.69) is 143 Å². The van der Waals surface area contributed by atoms with Crippen LogP contribution in [0.25, 0.3) is 77.0 Å². The standard InChI is InChI=1S/C37H23N3/c1-3-10-24(11-4-1)26-20-21-38-34(22-26)40-31-17-9-12-25-18-19-29-36-28-15-7-8-16-30(28)39(27-13-5-2-6-14-27)32(36)23-33(40)37(29)35(25)31/h1-23H. The first-order valence-electron chi connectivity index (χ1n) is 13.7. The van der Waals surface area contributed by atoms with Crippen molar-refractivity contribution in [2.75, 3.05) is 0 Å². The molecule has 0 radical (unpaired) electrons. The summed E-state index contributed by atoms with van der Waals surface area (Å²) in [6, 6.07) is 47.9. The first-order valence-corrected chi connectivity index (χ1v) is 13.7. The molecule has 0 saturated heterocycles. The number of hydrogen-bond acceptors (Lipinski definition) is 1. The predicted octanol–water partition coefficient (Wildman–Crippen LogP) is 9.53. The summed E-state index contributed by atoms with van der Waals surface area (Å²) in [7, 11) is 0. The van der Waals surface area contributed by atoms with Gasteiger partial charge in [0.2, 0.25) is 0 Å². The van der Waals surface area contributed by atoms with Gasteiger partial charge in [-0.05, 0) is 64.4 Å². The third-order valence-corrected chi connectivity index (χ3v) is 8.31. The van der Waals surface area contributed by atoms with E-state index in [0.717, 1.165) is 17.1 Å². The van der Waals surface area contributed by atoms with Crippen molar-refractivity contribution < 1.29 is 0 Å². The molecule has 0 saturated carbocycles. The molecule has 9 aromatic rings. The first kappa shape index (κ1) is 21.5. The Morgan fingerprint density at radius 2 is 1.18 bits per heavy atom. The van der Waals surface area contributed by atoms with Gasteiger partial charge in [0, 0.05) is 33.4 Å². The number of rotatable bonds is 3. The van der Waals surface area contributed by atoms with Gasteiger partial charge in [-0.15, -0.1) is 0 Å². The number of para-hydroxylation sites is 2. The van der Waals surface area contributed by atoms with Crippen LogP contribution in [-0.4, -0.2) is 14.1 Å². The van der Waals surface area contributed by atoms with Gasteiger partial charge in [-0.3, -0.25) is 4.57 Å². The van der Waals surface area contributed by atoms with Gasteiger partial charge >= 0.3 is 0 Å². The molecule has 0 fully saturated rings. The molecule has 0 aliphatic carbocycles. The van der Waals surface area contributed by atoms with Crippen molar-refractivity contribution in [1.82, 2.24) is 14.1 Å². The number of nitrogens with zero attached hydrogens (tertiary/aromatic N) is 3. The van der Waals surface area contributed by atoms with Crippen molar-refractivity contribution in [2.24, 2.45) is 0 Å². The van der Waals surface area contributed by atoms with Crippen LogP contribution in [0.4, 0.5) is 0 Å². The molecule has 0 atom stereocenters. The summed E-state index contributed by atoms with van der Waals surface area (Å²) in [4.78, 5) is 4.93. The maximum Gasteiger partial charge on any atom is 0.138 e. The molecule has 0 bridgehead atoms. The Labute approximate surface area is 230 Å². The van der Waals surface area contributed by atoms with Gasteiger partial charge in [0.15, 0.2) is 0 Å². The molecule has 3 heteroatoms. The van der Waals surface area contributed by atoms with Gasteiger partial charge in [0.25, 0.3) is 0 Å². The Morgan fingerprint density at radius 3 is 2.05 bits per heavy atom. The topological polar surface area (TPSA) is 22.8 Å². The Balaban J connectivity index is 1.47. The molecule has 3 nitrogen and oxygen atoms in total. The first-order chi connectivity index (χ1) is 19.9. The van der Waals surface area contributed by atoms with Crippen molar-refractivity contribution >= 4 is 54.4 Å². The van der Waals surface area contributed by atoms with Crippen molar-refractivity contribution in [3.63, 3.8) is 0 Å². The third-order valence-electron chi connectivity index (χ3n) is 8.31. The highest BCUT2D eigenvalue weighted by Crippen LogP contribution is 2.45. The average Bonchev–Trinajstić information content (AvgIpc) is 3.54. The molecule has 0 N–H and O–H groups in total. The number of hydrogen-bond donors (Lipinski definition) is 0. The summed E-state index contributed by atoms with van der Waals surface area (Å²) in [5.41, 5.74) is 8.27. The zero-order valence-corrected chi connectivity index (χ0v) is 21.6. The zero-order chi connectivity index (χ0) is 26.2. The van der Waals surface area contributed by atoms with E-state index in [1.54, 1.807) is 0 Å². The molecule has 0 unspecified atom stereocenters. The van der Waals surface area contributed by atoms with E-state index in [-0.39, 0.29) is 0 Å². The number of fused-ring (bicyclic) bond motifs is 4. The van der Waals surface area contributed by atoms with E-state index >= 15 is 0 Å². The Hall–Kier alpha value is -5.41. The van der Waals surface area contributed by atoms with Crippen LogP contribution in [0.1, 0.15) is 0 Å². The van der Waals surface area contributed by atoms with E-state index in [9.17, 15) is 0 Å². The SMILES string of the molecule is c1ccc(-c2ccnc(-n3c4cccc5ccc6c7c8ccccc8n(-c8ccccc8)c7cc3c6c54)c2)cc1. The Morgan fingerprint density at radius 1 is 0.425 bits per heavy atom. The minimum absolute atomic E-state index is 0.924. The van der Waals surface area contributed by atoms with Gasteiger partial charge in [-0.2, -0.15) is 0 Å². The molecular weight excluding hydrogens is 486 g/mol. The molecule has 9 rings (SSSR count). The van der Waals surface area contributed by atoms with Gasteiger partial charge in [0.05, 0.1) is 22.1 Å². The van der Waals surface area contributed by atoms with Crippen molar-refractivity contribution in [2.45, 2.75) is 0 Å². The molecule has 3 aromatic heterocycles. The molecule has 0 aliphatic heterocycles. The Bertz CT molecular complexity index is 2360. The monoisotopic (exact) mass is 509 g/mol. The molecule has 0 aliphatic rings. The van der Waals surface area contributed by atoms with Gasteiger partial charge < -0.3 is 4.57 Å². The van der Waals surface area contributed by atoms with Crippen LogP contribution in [0, 0.1) is 0 Å². The summed E-state index contributed by atoms with van der Waals surface area (Å²) in [6.07, 6.45) is 1.93. The third kappa shape index (κ3) is 2.86. The highest BCUT2D eigenvalue weighted by Gasteiger charge is 2.22. The molecule has 3 heterocycles. The summed E-state index contributed by atoms with van der Waals surface area (Å²) < 4.78 is 4.75. The fourth-order valence-electron chi connectivity index (χ4n) is 6.66. The predicted molar refractivity (Wildman–Crippen MR) is 167 cm³/mol. The number of aromatic nitrogens is 3. The maximum absolute atomic E-state index is 4.93. The van der Waals surface area contributed by atoms with Crippen LogP contribution in [-0.2, 0) is 0 Å². The molecule has 0 spiro atoms. The highest BCUT2D eigenvalue weighted by atomic mass is 15.1. The highest BCUT2D eigenvalue weighted by molar-refractivity contribution is 6.33. The second-order valence-electron chi connectivity index (χ2n) is 10.4. The van der Waals surface area contributed by atoms with Crippen LogP contribution >= 0.6 is 0 Å². The van der Waals surface area contributed by atoms with Crippen LogP contribution in [0.3, 0.4) is 0 Å². The fourth-order valence-corrected chi connectivity index (χ4v) is 6.66. The zero-order valence-electron chi connectivity index (χ0n) is 21.6. The van der Waals surface area contributed by atoms with Gasteiger partial charge in [0.1, 0.15) is 5.82 Å². The summed E-state index contributed by atoms with van der Waals surface area (Å²) in [5, 5.41) is 7.68. The normalized spacial score (nSPS) is 12.0. The maximum atomic E-state index is 4.93. The smallest absolute Gasteiger partial charge is 0.138 e. The minimum Gasteiger partial charge on any atom is -0.309 e. The second kappa shape index (κ2) is 8.05. The molecule has 0 amide bonds. The van der Waals surface area contributed by atoms with E-state index in [1.165, 1.54) is 59.9 Å². The lowest BCUT2D eigenvalue weighted by atomic mass is 9.98. The van der Waals surface area contributed by atoms with Crippen LogP contribution in [0.15, 0.2) is 140 Å². The molecule has 186 valence electrons. The van der Waals surface area contributed by atoms with E-state index in [4.69, 9.17) is 4.98 Å².